The van der Waals surface area contributed by atoms with E-state index in [9.17, 15) is 14.7 Å². The number of methoxy groups -OCH3 is 1. The number of benzene rings is 2. The molecule has 7 heteroatoms. The molecule has 0 bridgehead atoms. The van der Waals surface area contributed by atoms with Crippen LogP contribution >= 0.6 is 11.6 Å². The number of carbonyl (C=O) groups excluding carboxylic acids is 2. The number of amides is 1. The molecule has 1 atom stereocenters. The van der Waals surface area contributed by atoms with Gasteiger partial charge in [-0.3, -0.25) is 14.5 Å². The Bertz CT molecular complexity index is 1160. The van der Waals surface area contributed by atoms with Crippen LogP contribution in [0.1, 0.15) is 17.2 Å². The highest BCUT2D eigenvalue weighted by Gasteiger charge is 2.47. The van der Waals surface area contributed by atoms with Gasteiger partial charge in [-0.25, -0.2) is 4.98 Å². The minimum absolute atomic E-state index is 0.0406. The van der Waals surface area contributed by atoms with Gasteiger partial charge in [0.25, 0.3) is 5.78 Å². The number of ether oxygens (including phenoxy) is 1. The lowest BCUT2D eigenvalue weighted by Gasteiger charge is -2.24. The Labute approximate surface area is 178 Å². The standard InChI is InChI=1S/C23H17ClN2O4/c1-30-17-9-5-7-15(13-17)21(27)19-20(14-6-4-8-16(24)12-14)26(23(29)22(19)28)18-10-2-3-11-25-18/h2-13,20,27H,1H3/t20-/m1/s1. The molecule has 2 aromatic carbocycles. The second kappa shape index (κ2) is 8.00. The van der Waals surface area contributed by atoms with Gasteiger partial charge >= 0.3 is 5.91 Å². The quantitative estimate of drug-likeness (QED) is 0.385. The van der Waals surface area contributed by atoms with E-state index in [4.69, 9.17) is 16.3 Å². The molecule has 150 valence electrons. The van der Waals surface area contributed by atoms with Crippen molar-refractivity contribution in [3.63, 3.8) is 0 Å². The van der Waals surface area contributed by atoms with Crippen LogP contribution in [-0.2, 0) is 9.59 Å². The van der Waals surface area contributed by atoms with Crippen molar-refractivity contribution < 1.29 is 19.4 Å². The highest BCUT2D eigenvalue weighted by atomic mass is 35.5. The minimum atomic E-state index is -0.884. The van der Waals surface area contributed by atoms with Crippen LogP contribution in [0.3, 0.4) is 0 Å². The van der Waals surface area contributed by atoms with Gasteiger partial charge in [0.1, 0.15) is 17.3 Å². The third-order valence-electron chi connectivity index (χ3n) is 4.85. The van der Waals surface area contributed by atoms with Gasteiger partial charge in [0.15, 0.2) is 0 Å². The van der Waals surface area contributed by atoms with Gasteiger partial charge < -0.3 is 9.84 Å². The molecule has 1 aromatic heterocycles. The van der Waals surface area contributed by atoms with Crippen LogP contribution in [0, 0.1) is 0 Å². The maximum absolute atomic E-state index is 13.0. The Morgan fingerprint density at radius 3 is 2.57 bits per heavy atom. The Kier molecular flexibility index (Phi) is 5.25. The van der Waals surface area contributed by atoms with Gasteiger partial charge in [0.2, 0.25) is 0 Å². The molecule has 0 spiro atoms. The highest BCUT2D eigenvalue weighted by molar-refractivity contribution is 6.51. The van der Waals surface area contributed by atoms with Gasteiger partial charge in [0, 0.05) is 16.8 Å². The summed E-state index contributed by atoms with van der Waals surface area (Å²) in [7, 11) is 1.51. The van der Waals surface area contributed by atoms with E-state index < -0.39 is 17.7 Å². The molecule has 3 aromatic rings. The number of hydrogen-bond acceptors (Lipinski definition) is 5. The largest absolute Gasteiger partial charge is 0.507 e. The maximum Gasteiger partial charge on any atom is 0.301 e. The molecular formula is C23H17ClN2O4. The predicted octanol–water partition coefficient (Wildman–Crippen LogP) is 4.37. The zero-order valence-corrected chi connectivity index (χ0v) is 16.7. The fourth-order valence-electron chi connectivity index (χ4n) is 3.48. The van der Waals surface area contributed by atoms with Crippen LogP contribution in [0.25, 0.3) is 5.76 Å². The Hall–Kier alpha value is -3.64. The summed E-state index contributed by atoms with van der Waals surface area (Å²) in [5, 5.41) is 11.5. The summed E-state index contributed by atoms with van der Waals surface area (Å²) in [5.74, 6) is -1.06. The number of rotatable bonds is 4. The van der Waals surface area contributed by atoms with Crippen LogP contribution in [0.2, 0.25) is 5.02 Å². The molecule has 1 saturated heterocycles. The second-order valence-corrected chi connectivity index (χ2v) is 7.08. The van der Waals surface area contributed by atoms with E-state index in [2.05, 4.69) is 4.98 Å². The molecule has 1 N–H and O–H groups in total. The summed E-state index contributed by atoms with van der Waals surface area (Å²) < 4.78 is 5.21. The molecule has 0 aliphatic carbocycles. The van der Waals surface area contributed by atoms with Gasteiger partial charge in [-0.1, -0.05) is 41.9 Å². The normalized spacial score (nSPS) is 17.9. The number of nitrogens with zero attached hydrogens (tertiary/aromatic N) is 2. The predicted molar refractivity (Wildman–Crippen MR) is 113 cm³/mol. The lowest BCUT2D eigenvalue weighted by Crippen LogP contribution is -2.30. The van der Waals surface area contributed by atoms with E-state index >= 15 is 0 Å². The number of anilines is 1. The SMILES string of the molecule is COc1cccc(C(O)=C2C(=O)C(=O)N(c3ccccn3)[C@@H]2c2cccc(Cl)c2)c1. The number of aliphatic hydroxyl groups is 1. The van der Waals surface area contributed by atoms with Gasteiger partial charge in [-0.05, 0) is 42.0 Å². The number of aliphatic hydroxyl groups excluding tert-OH is 1. The fraction of sp³-hybridized carbons (Fsp3) is 0.0870. The van der Waals surface area contributed by atoms with E-state index in [1.54, 1.807) is 66.7 Å². The number of ketones is 1. The average Bonchev–Trinajstić information content (AvgIpc) is 3.04. The van der Waals surface area contributed by atoms with Crippen molar-refractivity contribution >= 4 is 34.9 Å². The van der Waals surface area contributed by atoms with E-state index in [1.807, 2.05) is 0 Å². The fourth-order valence-corrected chi connectivity index (χ4v) is 3.68. The van der Waals surface area contributed by atoms with Crippen molar-refractivity contribution in [2.24, 2.45) is 0 Å². The molecule has 1 aliphatic heterocycles. The minimum Gasteiger partial charge on any atom is -0.507 e. The zero-order chi connectivity index (χ0) is 21.3. The molecule has 6 nitrogen and oxygen atoms in total. The molecule has 4 rings (SSSR count). The third kappa shape index (κ3) is 3.42. The molecule has 30 heavy (non-hydrogen) atoms. The second-order valence-electron chi connectivity index (χ2n) is 6.64. The maximum atomic E-state index is 13.0. The van der Waals surface area contributed by atoms with Crippen LogP contribution < -0.4 is 9.64 Å². The number of carbonyl (C=O) groups is 2. The van der Waals surface area contributed by atoms with Crippen molar-refractivity contribution in [2.45, 2.75) is 6.04 Å². The van der Waals surface area contributed by atoms with Crippen molar-refractivity contribution in [1.82, 2.24) is 4.98 Å². The molecule has 0 radical (unpaired) electrons. The molecule has 1 amide bonds. The lowest BCUT2D eigenvalue weighted by molar-refractivity contribution is -0.132. The first-order valence-corrected chi connectivity index (χ1v) is 9.51. The number of pyridine rings is 1. The summed E-state index contributed by atoms with van der Waals surface area (Å²) in [6.45, 7) is 0. The van der Waals surface area contributed by atoms with E-state index in [-0.39, 0.29) is 11.3 Å². The monoisotopic (exact) mass is 420 g/mol. The van der Waals surface area contributed by atoms with Gasteiger partial charge in [-0.15, -0.1) is 0 Å². The lowest BCUT2D eigenvalue weighted by atomic mass is 9.95. The van der Waals surface area contributed by atoms with Crippen LogP contribution in [-0.4, -0.2) is 28.9 Å². The third-order valence-corrected chi connectivity index (χ3v) is 5.08. The zero-order valence-electron chi connectivity index (χ0n) is 15.9. The Morgan fingerprint density at radius 2 is 1.87 bits per heavy atom. The molecule has 0 unspecified atom stereocenters. The summed E-state index contributed by atoms with van der Waals surface area (Å²) in [6, 6.07) is 17.7. The molecule has 1 aliphatic rings. The Morgan fingerprint density at radius 1 is 1.07 bits per heavy atom. The van der Waals surface area contributed by atoms with E-state index in [0.29, 0.717) is 27.7 Å². The smallest absolute Gasteiger partial charge is 0.301 e. The summed E-state index contributed by atoms with van der Waals surface area (Å²) in [6.07, 6.45) is 1.53. The van der Waals surface area contributed by atoms with Crippen LogP contribution in [0.4, 0.5) is 5.82 Å². The summed E-state index contributed by atoms with van der Waals surface area (Å²) in [4.78, 5) is 31.5. The Balaban J connectivity index is 1.95. The van der Waals surface area contributed by atoms with E-state index in [0.717, 1.165) is 0 Å². The molecule has 1 fully saturated rings. The topological polar surface area (TPSA) is 79.7 Å². The molecule has 0 saturated carbocycles. The van der Waals surface area contributed by atoms with Crippen molar-refractivity contribution in [3.05, 3.63) is 94.6 Å². The highest BCUT2D eigenvalue weighted by Crippen LogP contribution is 2.42. The summed E-state index contributed by atoms with van der Waals surface area (Å²) in [5.41, 5.74) is 0.901. The first kappa shape index (κ1) is 19.7. The molecule has 2 heterocycles. The van der Waals surface area contributed by atoms with Gasteiger partial charge in [-0.2, -0.15) is 0 Å². The molecular weight excluding hydrogens is 404 g/mol. The number of halogens is 1. The first-order valence-electron chi connectivity index (χ1n) is 9.13. The van der Waals surface area contributed by atoms with Crippen LogP contribution in [0.5, 0.6) is 5.75 Å². The number of aromatic nitrogens is 1. The van der Waals surface area contributed by atoms with Crippen LogP contribution in [0.15, 0.2) is 78.5 Å². The van der Waals surface area contributed by atoms with Crippen molar-refractivity contribution in [1.29, 1.82) is 0 Å². The number of hydrogen-bond donors (Lipinski definition) is 1. The van der Waals surface area contributed by atoms with E-state index in [1.165, 1.54) is 18.2 Å². The summed E-state index contributed by atoms with van der Waals surface area (Å²) >= 11 is 6.17. The van der Waals surface area contributed by atoms with Gasteiger partial charge in [0.05, 0.1) is 18.7 Å². The average molecular weight is 421 g/mol. The number of Topliss-reactive ketones (excluding diaryl/α,β-unsaturated/α-hetero) is 1. The van der Waals surface area contributed by atoms with Crippen molar-refractivity contribution in [3.8, 4) is 5.75 Å². The first-order chi connectivity index (χ1) is 14.5. The van der Waals surface area contributed by atoms with Crippen molar-refractivity contribution in [2.75, 3.05) is 12.0 Å².